The van der Waals surface area contributed by atoms with Crippen LogP contribution in [-0.2, 0) is 4.79 Å². The number of hydrogen-bond donors (Lipinski definition) is 2. The quantitative estimate of drug-likeness (QED) is 0.875. The Morgan fingerprint density at radius 1 is 1.23 bits per heavy atom. The van der Waals surface area contributed by atoms with E-state index in [9.17, 15) is 9.59 Å². The summed E-state index contributed by atoms with van der Waals surface area (Å²) in [5.41, 5.74) is 1.12. The molecular weight excluding hydrogens is 326 g/mol. The van der Waals surface area contributed by atoms with Crippen LogP contribution < -0.4 is 10.6 Å². The van der Waals surface area contributed by atoms with Crippen LogP contribution in [0.1, 0.15) is 56.8 Å². The Hall–Kier alpha value is -2.04. The van der Waals surface area contributed by atoms with Gasteiger partial charge in [0, 0.05) is 30.6 Å². The van der Waals surface area contributed by atoms with Crippen molar-refractivity contribution in [2.75, 3.05) is 18.4 Å². The van der Waals surface area contributed by atoms with Crippen LogP contribution in [0.2, 0.25) is 0 Å². The SMILES string of the molecule is CCN(CC)C(=O)[C@H]1C[C@H]2CC[C@]1(C)C[C@]21NC(=O)c2ccccc2N1. The molecule has 1 aromatic rings. The molecule has 4 atom stereocenters. The summed E-state index contributed by atoms with van der Waals surface area (Å²) < 4.78 is 0. The molecule has 1 heterocycles. The van der Waals surface area contributed by atoms with Gasteiger partial charge in [-0.3, -0.25) is 9.59 Å². The molecular formula is C21H29N3O2. The van der Waals surface area contributed by atoms with E-state index < -0.39 is 5.66 Å². The molecule has 4 aliphatic rings. The number of carbonyl (C=O) groups is 2. The minimum atomic E-state index is -0.418. The number of nitrogens with one attached hydrogen (secondary N) is 2. The normalized spacial score (nSPS) is 34.8. The number of hydrogen-bond acceptors (Lipinski definition) is 3. The molecule has 2 amide bonds. The third-order valence-electron chi connectivity index (χ3n) is 7.04. The van der Waals surface area contributed by atoms with Gasteiger partial charge in [0.2, 0.25) is 5.91 Å². The van der Waals surface area contributed by atoms with E-state index >= 15 is 0 Å². The molecule has 140 valence electrons. The molecule has 3 aliphatic carbocycles. The molecule has 1 aliphatic heterocycles. The average Bonchev–Trinajstić information content (AvgIpc) is 2.62. The number of amides is 2. The zero-order chi connectivity index (χ0) is 18.5. The molecule has 5 heteroatoms. The maximum atomic E-state index is 13.1. The van der Waals surface area contributed by atoms with Gasteiger partial charge in [0.1, 0.15) is 5.66 Å². The monoisotopic (exact) mass is 355 g/mol. The number of anilines is 1. The molecule has 1 spiro atoms. The van der Waals surface area contributed by atoms with Crippen molar-refractivity contribution in [2.45, 2.75) is 52.1 Å². The van der Waals surface area contributed by atoms with Gasteiger partial charge in [0.25, 0.3) is 5.91 Å². The Labute approximate surface area is 155 Å². The molecule has 0 saturated heterocycles. The number of para-hydroxylation sites is 1. The maximum Gasteiger partial charge on any atom is 0.255 e. The van der Waals surface area contributed by atoms with Crippen molar-refractivity contribution in [2.24, 2.45) is 17.3 Å². The molecule has 26 heavy (non-hydrogen) atoms. The Morgan fingerprint density at radius 2 is 1.96 bits per heavy atom. The zero-order valence-electron chi connectivity index (χ0n) is 16.0. The van der Waals surface area contributed by atoms with Crippen molar-refractivity contribution in [1.82, 2.24) is 10.2 Å². The highest BCUT2D eigenvalue weighted by Crippen LogP contribution is 2.58. The lowest BCUT2D eigenvalue weighted by molar-refractivity contribution is -0.150. The highest BCUT2D eigenvalue weighted by Gasteiger charge is 2.60. The second-order valence-electron chi connectivity index (χ2n) is 8.46. The summed E-state index contributed by atoms with van der Waals surface area (Å²) >= 11 is 0. The highest BCUT2D eigenvalue weighted by atomic mass is 16.2. The first-order chi connectivity index (χ1) is 12.4. The van der Waals surface area contributed by atoms with E-state index in [4.69, 9.17) is 0 Å². The van der Waals surface area contributed by atoms with Crippen LogP contribution in [0.4, 0.5) is 5.69 Å². The predicted molar refractivity (Wildman–Crippen MR) is 102 cm³/mol. The van der Waals surface area contributed by atoms with Crippen molar-refractivity contribution in [1.29, 1.82) is 0 Å². The Balaban J connectivity index is 1.64. The van der Waals surface area contributed by atoms with E-state index in [0.29, 0.717) is 11.5 Å². The molecule has 1 aromatic carbocycles. The minimum absolute atomic E-state index is 0.00196. The maximum absolute atomic E-state index is 13.1. The van der Waals surface area contributed by atoms with Crippen molar-refractivity contribution in [3.05, 3.63) is 29.8 Å². The van der Waals surface area contributed by atoms with E-state index in [-0.39, 0.29) is 23.2 Å². The highest BCUT2D eigenvalue weighted by molar-refractivity contribution is 6.02. The lowest BCUT2D eigenvalue weighted by Crippen LogP contribution is -2.70. The lowest BCUT2D eigenvalue weighted by Gasteiger charge is -2.61. The fraction of sp³-hybridized carbons (Fsp3) is 0.619. The Bertz CT molecular complexity index is 745. The third kappa shape index (κ3) is 2.43. The standard InChI is InChI=1S/C21H29N3O2/c1-4-24(5-2)19(26)16-12-14-10-11-20(16,3)13-21(14)22-17-9-7-6-8-15(17)18(25)23-21/h6-9,14,16,22H,4-5,10-13H2,1-3H3,(H,23,25)/t14-,16-,20-,21+/m1/s1. The first-order valence-electron chi connectivity index (χ1n) is 9.91. The van der Waals surface area contributed by atoms with Crippen LogP contribution in [0.15, 0.2) is 24.3 Å². The van der Waals surface area contributed by atoms with E-state index in [2.05, 4.69) is 17.6 Å². The minimum Gasteiger partial charge on any atom is -0.362 e. The average molecular weight is 355 g/mol. The molecule has 2 N–H and O–H groups in total. The van der Waals surface area contributed by atoms with Gasteiger partial charge in [0.05, 0.1) is 5.56 Å². The van der Waals surface area contributed by atoms with Crippen LogP contribution in [0.5, 0.6) is 0 Å². The van der Waals surface area contributed by atoms with Crippen LogP contribution in [0.25, 0.3) is 0 Å². The zero-order valence-corrected chi connectivity index (χ0v) is 16.0. The summed E-state index contributed by atoms with van der Waals surface area (Å²) in [7, 11) is 0. The molecule has 5 nitrogen and oxygen atoms in total. The lowest BCUT2D eigenvalue weighted by atomic mass is 9.51. The smallest absolute Gasteiger partial charge is 0.255 e. The van der Waals surface area contributed by atoms with Gasteiger partial charge in [0.15, 0.2) is 0 Å². The molecule has 0 aromatic heterocycles. The molecule has 5 rings (SSSR count). The fourth-order valence-corrected chi connectivity index (χ4v) is 5.58. The summed E-state index contributed by atoms with van der Waals surface area (Å²) in [6, 6.07) is 7.71. The summed E-state index contributed by atoms with van der Waals surface area (Å²) in [5, 5.41) is 6.95. The number of nitrogens with zero attached hydrogens (tertiary/aromatic N) is 1. The summed E-state index contributed by atoms with van der Waals surface area (Å²) in [6.07, 6.45) is 3.76. The molecule has 3 fully saturated rings. The summed E-state index contributed by atoms with van der Waals surface area (Å²) in [6.45, 7) is 7.86. The van der Waals surface area contributed by atoms with Crippen molar-refractivity contribution < 1.29 is 9.59 Å². The van der Waals surface area contributed by atoms with Crippen LogP contribution in [0, 0.1) is 17.3 Å². The van der Waals surface area contributed by atoms with Crippen LogP contribution >= 0.6 is 0 Å². The fourth-order valence-electron chi connectivity index (χ4n) is 5.58. The van der Waals surface area contributed by atoms with Gasteiger partial charge >= 0.3 is 0 Å². The number of benzene rings is 1. The van der Waals surface area contributed by atoms with Crippen molar-refractivity contribution in [3.8, 4) is 0 Å². The summed E-state index contributed by atoms with van der Waals surface area (Å²) in [4.78, 5) is 27.8. The molecule has 2 bridgehead atoms. The van der Waals surface area contributed by atoms with Crippen LogP contribution in [0.3, 0.4) is 0 Å². The molecule has 3 saturated carbocycles. The second-order valence-corrected chi connectivity index (χ2v) is 8.46. The Kier molecular flexibility index (Phi) is 4.01. The van der Waals surface area contributed by atoms with Gasteiger partial charge < -0.3 is 15.5 Å². The van der Waals surface area contributed by atoms with Gasteiger partial charge in [-0.05, 0) is 57.1 Å². The van der Waals surface area contributed by atoms with Crippen molar-refractivity contribution >= 4 is 17.5 Å². The van der Waals surface area contributed by atoms with Gasteiger partial charge in [-0.1, -0.05) is 19.1 Å². The van der Waals surface area contributed by atoms with Gasteiger partial charge in [-0.25, -0.2) is 0 Å². The first kappa shape index (κ1) is 17.4. The van der Waals surface area contributed by atoms with E-state index in [1.807, 2.05) is 43.0 Å². The summed E-state index contributed by atoms with van der Waals surface area (Å²) in [5.74, 6) is 0.635. The largest absolute Gasteiger partial charge is 0.362 e. The van der Waals surface area contributed by atoms with Crippen LogP contribution in [-0.4, -0.2) is 35.5 Å². The van der Waals surface area contributed by atoms with Gasteiger partial charge in [-0.2, -0.15) is 0 Å². The number of carbonyl (C=O) groups excluding carboxylic acids is 2. The predicted octanol–water partition coefficient (Wildman–Crippen LogP) is 3.23. The molecule has 0 unspecified atom stereocenters. The van der Waals surface area contributed by atoms with E-state index in [1.54, 1.807) is 0 Å². The topological polar surface area (TPSA) is 61.4 Å². The number of rotatable bonds is 3. The van der Waals surface area contributed by atoms with Gasteiger partial charge in [-0.15, -0.1) is 0 Å². The third-order valence-corrected chi connectivity index (χ3v) is 7.04. The first-order valence-corrected chi connectivity index (χ1v) is 9.91. The molecule has 0 radical (unpaired) electrons. The second kappa shape index (κ2) is 6.00. The van der Waals surface area contributed by atoms with E-state index in [0.717, 1.165) is 44.5 Å². The Morgan fingerprint density at radius 3 is 2.65 bits per heavy atom. The number of fused-ring (bicyclic) bond motifs is 3. The van der Waals surface area contributed by atoms with E-state index in [1.165, 1.54) is 0 Å². The van der Waals surface area contributed by atoms with Crippen molar-refractivity contribution in [3.63, 3.8) is 0 Å².